The molecule has 0 spiro atoms. The Bertz CT molecular complexity index is 195. The van der Waals surface area contributed by atoms with Crippen molar-refractivity contribution in [3.05, 3.63) is 0 Å². The van der Waals surface area contributed by atoms with Crippen LogP contribution in [-0.2, 0) is 9.53 Å². The van der Waals surface area contributed by atoms with Crippen molar-refractivity contribution in [2.24, 2.45) is 23.2 Å². The van der Waals surface area contributed by atoms with Crippen LogP contribution in [0.1, 0.15) is 54.9 Å². The van der Waals surface area contributed by atoms with Gasteiger partial charge in [0.05, 0.1) is 12.0 Å². The van der Waals surface area contributed by atoms with E-state index in [9.17, 15) is 4.79 Å². The van der Waals surface area contributed by atoms with E-state index in [-0.39, 0.29) is 11.4 Å². The number of esters is 1. The molecule has 0 aliphatic heterocycles. The highest BCUT2D eigenvalue weighted by molar-refractivity contribution is 5.77. The van der Waals surface area contributed by atoms with Gasteiger partial charge in [0.2, 0.25) is 0 Å². The molecule has 0 heterocycles. The summed E-state index contributed by atoms with van der Waals surface area (Å²) in [5.41, 5.74) is -0.352. The molecule has 0 aliphatic carbocycles. The maximum absolute atomic E-state index is 12.3. The first-order valence-electron chi connectivity index (χ1n) is 6.48. The summed E-state index contributed by atoms with van der Waals surface area (Å²) in [6.07, 6.45) is 0.885. The summed E-state index contributed by atoms with van der Waals surface area (Å²) >= 11 is 0. The molecule has 2 nitrogen and oxygen atoms in total. The molecule has 0 aliphatic rings. The van der Waals surface area contributed by atoms with E-state index in [0.717, 1.165) is 6.42 Å². The fourth-order valence-corrected chi connectivity index (χ4v) is 3.03. The van der Waals surface area contributed by atoms with E-state index in [4.69, 9.17) is 4.74 Å². The molecular weight excluding hydrogens is 200 g/mol. The van der Waals surface area contributed by atoms with Gasteiger partial charge in [-0.2, -0.15) is 0 Å². The minimum atomic E-state index is -0.352. The number of carbonyl (C=O) groups excluding carboxylic acids is 1. The summed E-state index contributed by atoms with van der Waals surface area (Å²) in [5, 5.41) is 0. The first-order chi connectivity index (χ1) is 7.31. The molecule has 0 fully saturated rings. The molecule has 0 aromatic heterocycles. The largest absolute Gasteiger partial charge is 0.465 e. The topological polar surface area (TPSA) is 26.3 Å². The van der Waals surface area contributed by atoms with Crippen molar-refractivity contribution in [2.75, 3.05) is 6.61 Å². The summed E-state index contributed by atoms with van der Waals surface area (Å²) < 4.78 is 5.40. The number of carbonyl (C=O) groups is 1. The fraction of sp³-hybridized carbons (Fsp3) is 0.929. The van der Waals surface area contributed by atoms with E-state index >= 15 is 0 Å². The van der Waals surface area contributed by atoms with Crippen molar-refractivity contribution in [1.29, 1.82) is 0 Å². The molecular formula is C14H28O2. The van der Waals surface area contributed by atoms with Crippen molar-refractivity contribution >= 4 is 5.97 Å². The molecule has 0 amide bonds. The molecule has 0 N–H and O–H groups in total. The molecule has 0 saturated heterocycles. The molecule has 0 aromatic rings. The van der Waals surface area contributed by atoms with Crippen LogP contribution in [-0.4, -0.2) is 12.6 Å². The smallest absolute Gasteiger partial charge is 0.312 e. The van der Waals surface area contributed by atoms with E-state index in [0.29, 0.717) is 24.4 Å². The zero-order valence-electron chi connectivity index (χ0n) is 12.0. The lowest BCUT2D eigenvalue weighted by Gasteiger charge is -2.42. The zero-order chi connectivity index (χ0) is 12.9. The second kappa shape index (κ2) is 6.27. The maximum Gasteiger partial charge on any atom is 0.312 e. The zero-order valence-corrected chi connectivity index (χ0v) is 12.0. The Morgan fingerprint density at radius 2 is 1.38 bits per heavy atom. The Balaban J connectivity index is 5.11. The van der Waals surface area contributed by atoms with Crippen LogP contribution in [0.2, 0.25) is 0 Å². The average Bonchev–Trinajstić information content (AvgIpc) is 2.13. The second-order valence-corrected chi connectivity index (χ2v) is 5.53. The lowest BCUT2D eigenvalue weighted by molar-refractivity contribution is -0.167. The lowest BCUT2D eigenvalue weighted by atomic mass is 9.62. The van der Waals surface area contributed by atoms with E-state index in [1.807, 2.05) is 6.92 Å². The van der Waals surface area contributed by atoms with Gasteiger partial charge in [0.25, 0.3) is 0 Å². The highest BCUT2D eigenvalue weighted by Crippen LogP contribution is 2.44. The van der Waals surface area contributed by atoms with Gasteiger partial charge in [-0.05, 0) is 24.2 Å². The highest BCUT2D eigenvalue weighted by atomic mass is 16.5. The van der Waals surface area contributed by atoms with Crippen molar-refractivity contribution in [2.45, 2.75) is 54.9 Å². The quantitative estimate of drug-likeness (QED) is 0.645. The van der Waals surface area contributed by atoms with Gasteiger partial charge in [-0.25, -0.2) is 0 Å². The third-order valence-corrected chi connectivity index (χ3v) is 3.66. The molecule has 0 unspecified atom stereocenters. The molecule has 0 bridgehead atoms. The summed E-state index contributed by atoms with van der Waals surface area (Å²) in [6, 6.07) is 0. The standard InChI is InChI=1S/C14H28O2/c1-8-9-16-13(15)14(10(2)3,11(4)5)12(6)7/h10-12H,8-9H2,1-7H3. The first-order valence-corrected chi connectivity index (χ1v) is 6.48. The van der Waals surface area contributed by atoms with Crippen molar-refractivity contribution in [3.8, 4) is 0 Å². The van der Waals surface area contributed by atoms with Gasteiger partial charge in [0.15, 0.2) is 0 Å². The average molecular weight is 228 g/mol. The maximum atomic E-state index is 12.3. The third-order valence-electron chi connectivity index (χ3n) is 3.66. The van der Waals surface area contributed by atoms with Gasteiger partial charge in [0, 0.05) is 0 Å². The van der Waals surface area contributed by atoms with Crippen molar-refractivity contribution in [3.63, 3.8) is 0 Å². The van der Waals surface area contributed by atoms with Crippen LogP contribution >= 0.6 is 0 Å². The Kier molecular flexibility index (Phi) is 6.06. The predicted octanol–water partition coefficient (Wildman–Crippen LogP) is 3.89. The van der Waals surface area contributed by atoms with Gasteiger partial charge in [-0.1, -0.05) is 48.5 Å². The molecule has 16 heavy (non-hydrogen) atoms. The predicted molar refractivity (Wildman–Crippen MR) is 68.2 cm³/mol. The SMILES string of the molecule is CCCOC(=O)C(C(C)C)(C(C)C)C(C)C. The van der Waals surface area contributed by atoms with E-state index < -0.39 is 0 Å². The molecule has 0 aromatic carbocycles. The highest BCUT2D eigenvalue weighted by Gasteiger charge is 2.48. The Hall–Kier alpha value is -0.530. The Morgan fingerprint density at radius 3 is 1.62 bits per heavy atom. The van der Waals surface area contributed by atoms with Crippen LogP contribution < -0.4 is 0 Å². The summed E-state index contributed by atoms with van der Waals surface area (Å²) in [6.45, 7) is 15.3. The first kappa shape index (κ1) is 15.5. The van der Waals surface area contributed by atoms with Gasteiger partial charge in [-0.3, -0.25) is 4.79 Å². The van der Waals surface area contributed by atoms with Crippen LogP contribution in [0.25, 0.3) is 0 Å². The molecule has 0 atom stereocenters. The summed E-state index contributed by atoms with van der Waals surface area (Å²) in [5.74, 6) is 0.889. The molecule has 96 valence electrons. The number of ether oxygens (including phenoxy) is 1. The van der Waals surface area contributed by atoms with Crippen molar-refractivity contribution < 1.29 is 9.53 Å². The third kappa shape index (κ3) is 2.78. The number of hydrogen-bond donors (Lipinski definition) is 0. The van der Waals surface area contributed by atoms with Crippen LogP contribution in [0.5, 0.6) is 0 Å². The van der Waals surface area contributed by atoms with Crippen LogP contribution in [0, 0.1) is 23.2 Å². The monoisotopic (exact) mass is 228 g/mol. The molecule has 0 rings (SSSR count). The summed E-state index contributed by atoms with van der Waals surface area (Å²) in [4.78, 5) is 12.3. The summed E-state index contributed by atoms with van der Waals surface area (Å²) in [7, 11) is 0. The van der Waals surface area contributed by atoms with Gasteiger partial charge < -0.3 is 4.74 Å². The minimum Gasteiger partial charge on any atom is -0.465 e. The minimum absolute atomic E-state index is 0.0191. The second-order valence-electron chi connectivity index (χ2n) is 5.53. The normalized spacial score (nSPS) is 12.6. The van der Waals surface area contributed by atoms with Crippen LogP contribution in [0.15, 0.2) is 0 Å². The van der Waals surface area contributed by atoms with Crippen LogP contribution in [0.3, 0.4) is 0 Å². The molecule has 0 saturated carbocycles. The Labute approximate surface area is 101 Å². The number of hydrogen-bond acceptors (Lipinski definition) is 2. The number of rotatable bonds is 6. The van der Waals surface area contributed by atoms with E-state index in [1.165, 1.54) is 0 Å². The van der Waals surface area contributed by atoms with Crippen molar-refractivity contribution in [1.82, 2.24) is 0 Å². The van der Waals surface area contributed by atoms with Gasteiger partial charge >= 0.3 is 5.97 Å². The fourth-order valence-electron chi connectivity index (χ4n) is 3.03. The van der Waals surface area contributed by atoms with Crippen LogP contribution in [0.4, 0.5) is 0 Å². The van der Waals surface area contributed by atoms with E-state index in [1.54, 1.807) is 0 Å². The van der Waals surface area contributed by atoms with Gasteiger partial charge in [0.1, 0.15) is 0 Å². The van der Waals surface area contributed by atoms with Gasteiger partial charge in [-0.15, -0.1) is 0 Å². The lowest BCUT2D eigenvalue weighted by Crippen LogP contribution is -2.46. The molecule has 0 radical (unpaired) electrons. The van der Waals surface area contributed by atoms with E-state index in [2.05, 4.69) is 41.5 Å². The Morgan fingerprint density at radius 1 is 1.00 bits per heavy atom. The molecule has 2 heteroatoms.